The molecule has 0 aromatic carbocycles. The zero-order valence-electron chi connectivity index (χ0n) is 12.5. The Balaban J connectivity index is 1.70. The van der Waals surface area contributed by atoms with Gasteiger partial charge in [0.15, 0.2) is 0 Å². The summed E-state index contributed by atoms with van der Waals surface area (Å²) in [7, 11) is 1.94. The zero-order chi connectivity index (χ0) is 14.8. The van der Waals surface area contributed by atoms with E-state index in [9.17, 15) is 0 Å². The summed E-state index contributed by atoms with van der Waals surface area (Å²) in [6.07, 6.45) is 3.94. The predicted molar refractivity (Wildman–Crippen MR) is 80.6 cm³/mol. The highest BCUT2D eigenvalue weighted by molar-refractivity contribution is 5.40. The number of nitrogens with zero attached hydrogens (tertiary/aromatic N) is 4. The number of rotatable bonds is 3. The fourth-order valence-corrected chi connectivity index (χ4v) is 2.72. The molecule has 0 amide bonds. The van der Waals surface area contributed by atoms with Gasteiger partial charge in [0.05, 0.1) is 18.5 Å². The highest BCUT2D eigenvalue weighted by Crippen LogP contribution is 2.23. The summed E-state index contributed by atoms with van der Waals surface area (Å²) in [6.45, 7) is 5.29. The molecule has 0 spiro atoms. The van der Waals surface area contributed by atoms with Crippen LogP contribution in [0.1, 0.15) is 23.1 Å². The van der Waals surface area contributed by atoms with Crippen LogP contribution in [0, 0.1) is 6.92 Å². The molecule has 3 rings (SSSR count). The SMILES string of the molecule is Cc1cc(N)cc(C2CN(Cc3cnn(C)c3)CCO2)n1. The van der Waals surface area contributed by atoms with Crippen molar-refractivity contribution >= 4 is 5.69 Å². The van der Waals surface area contributed by atoms with Crippen LogP contribution in [-0.4, -0.2) is 39.4 Å². The Morgan fingerprint density at radius 1 is 1.43 bits per heavy atom. The van der Waals surface area contributed by atoms with Gasteiger partial charge in [0.25, 0.3) is 0 Å². The number of morpholine rings is 1. The van der Waals surface area contributed by atoms with Crippen molar-refractivity contribution in [3.63, 3.8) is 0 Å². The monoisotopic (exact) mass is 287 g/mol. The Kier molecular flexibility index (Phi) is 3.90. The van der Waals surface area contributed by atoms with Crippen molar-refractivity contribution in [2.24, 2.45) is 7.05 Å². The van der Waals surface area contributed by atoms with Crippen molar-refractivity contribution in [3.05, 3.63) is 41.5 Å². The number of nitrogen functional groups attached to an aromatic ring is 1. The molecule has 2 N–H and O–H groups in total. The van der Waals surface area contributed by atoms with E-state index in [-0.39, 0.29) is 6.10 Å². The van der Waals surface area contributed by atoms with E-state index in [4.69, 9.17) is 10.5 Å². The highest BCUT2D eigenvalue weighted by Gasteiger charge is 2.23. The molecule has 21 heavy (non-hydrogen) atoms. The molecule has 2 aromatic heterocycles. The second-order valence-corrected chi connectivity index (χ2v) is 5.58. The number of nitrogens with two attached hydrogens (primary N) is 1. The third-order valence-corrected chi connectivity index (χ3v) is 3.64. The summed E-state index contributed by atoms with van der Waals surface area (Å²) >= 11 is 0. The number of hydrogen-bond acceptors (Lipinski definition) is 5. The van der Waals surface area contributed by atoms with Crippen molar-refractivity contribution in [2.75, 3.05) is 25.4 Å². The fraction of sp³-hybridized carbons (Fsp3) is 0.467. The Morgan fingerprint density at radius 2 is 2.29 bits per heavy atom. The molecule has 6 heteroatoms. The second-order valence-electron chi connectivity index (χ2n) is 5.58. The van der Waals surface area contributed by atoms with Gasteiger partial charge in [-0.1, -0.05) is 0 Å². The summed E-state index contributed by atoms with van der Waals surface area (Å²) in [5.41, 5.74) is 9.71. The Bertz CT molecular complexity index is 604. The van der Waals surface area contributed by atoms with Gasteiger partial charge in [-0.15, -0.1) is 0 Å². The first-order valence-corrected chi connectivity index (χ1v) is 7.16. The molecule has 1 saturated heterocycles. The van der Waals surface area contributed by atoms with Crippen LogP contribution in [0.3, 0.4) is 0 Å². The molecular weight excluding hydrogens is 266 g/mol. The van der Waals surface area contributed by atoms with Crippen LogP contribution in [0.2, 0.25) is 0 Å². The minimum atomic E-state index is -0.0161. The van der Waals surface area contributed by atoms with E-state index < -0.39 is 0 Å². The average Bonchev–Trinajstić information content (AvgIpc) is 2.83. The van der Waals surface area contributed by atoms with Crippen LogP contribution in [0.5, 0.6) is 0 Å². The molecule has 1 unspecified atom stereocenters. The van der Waals surface area contributed by atoms with Gasteiger partial charge in [-0.25, -0.2) is 0 Å². The maximum Gasteiger partial charge on any atom is 0.112 e. The first-order chi connectivity index (χ1) is 10.1. The van der Waals surface area contributed by atoms with Crippen LogP contribution in [0.25, 0.3) is 0 Å². The highest BCUT2D eigenvalue weighted by atomic mass is 16.5. The molecule has 112 valence electrons. The first-order valence-electron chi connectivity index (χ1n) is 7.16. The van der Waals surface area contributed by atoms with Gasteiger partial charge in [0.2, 0.25) is 0 Å². The van der Waals surface area contributed by atoms with Crippen LogP contribution in [0.15, 0.2) is 24.5 Å². The maximum atomic E-state index is 5.91. The number of ether oxygens (including phenoxy) is 1. The molecule has 6 nitrogen and oxygen atoms in total. The number of hydrogen-bond donors (Lipinski definition) is 1. The van der Waals surface area contributed by atoms with E-state index in [1.165, 1.54) is 5.56 Å². The van der Waals surface area contributed by atoms with E-state index in [2.05, 4.69) is 15.0 Å². The number of aromatic nitrogens is 3. The molecule has 3 heterocycles. The second kappa shape index (κ2) is 5.83. The third-order valence-electron chi connectivity index (χ3n) is 3.64. The molecule has 1 fully saturated rings. The van der Waals surface area contributed by atoms with Crippen molar-refractivity contribution in [1.29, 1.82) is 0 Å². The number of aryl methyl sites for hydroxylation is 2. The first kappa shape index (κ1) is 14.0. The Morgan fingerprint density at radius 3 is 3.00 bits per heavy atom. The fourth-order valence-electron chi connectivity index (χ4n) is 2.72. The van der Waals surface area contributed by atoms with Crippen LogP contribution in [-0.2, 0) is 18.3 Å². The third kappa shape index (κ3) is 3.40. The smallest absolute Gasteiger partial charge is 0.112 e. The van der Waals surface area contributed by atoms with Gasteiger partial charge in [-0.3, -0.25) is 14.6 Å². The van der Waals surface area contributed by atoms with Gasteiger partial charge in [0.1, 0.15) is 6.10 Å². The lowest BCUT2D eigenvalue weighted by Crippen LogP contribution is -2.38. The molecule has 0 aliphatic carbocycles. The van der Waals surface area contributed by atoms with E-state index >= 15 is 0 Å². The van der Waals surface area contributed by atoms with Crippen molar-refractivity contribution in [3.8, 4) is 0 Å². The summed E-state index contributed by atoms with van der Waals surface area (Å²) in [5.74, 6) is 0. The van der Waals surface area contributed by atoms with Crippen LogP contribution < -0.4 is 5.73 Å². The molecule has 1 aliphatic heterocycles. The Labute approximate surface area is 124 Å². The van der Waals surface area contributed by atoms with Gasteiger partial charge < -0.3 is 10.5 Å². The summed E-state index contributed by atoms with van der Waals surface area (Å²) in [6, 6.07) is 3.78. The molecule has 0 saturated carbocycles. The van der Waals surface area contributed by atoms with E-state index in [0.29, 0.717) is 6.61 Å². The lowest BCUT2D eigenvalue weighted by Gasteiger charge is -2.32. The lowest BCUT2D eigenvalue weighted by molar-refractivity contribution is -0.0350. The van der Waals surface area contributed by atoms with Gasteiger partial charge in [-0.05, 0) is 19.1 Å². The number of anilines is 1. The summed E-state index contributed by atoms with van der Waals surface area (Å²) in [5, 5.41) is 4.21. The molecular formula is C15H21N5O. The lowest BCUT2D eigenvalue weighted by atomic mass is 10.1. The van der Waals surface area contributed by atoms with E-state index in [1.54, 1.807) is 0 Å². The topological polar surface area (TPSA) is 69.2 Å². The minimum Gasteiger partial charge on any atom is -0.399 e. The van der Waals surface area contributed by atoms with Crippen molar-refractivity contribution < 1.29 is 4.74 Å². The van der Waals surface area contributed by atoms with Crippen molar-refractivity contribution in [2.45, 2.75) is 19.6 Å². The summed E-state index contributed by atoms with van der Waals surface area (Å²) in [4.78, 5) is 6.92. The Hall–Kier alpha value is -1.92. The van der Waals surface area contributed by atoms with E-state index in [0.717, 1.165) is 36.7 Å². The largest absolute Gasteiger partial charge is 0.399 e. The zero-order valence-corrected chi connectivity index (χ0v) is 12.5. The van der Waals surface area contributed by atoms with Crippen molar-refractivity contribution in [1.82, 2.24) is 19.7 Å². The van der Waals surface area contributed by atoms with Gasteiger partial charge in [-0.2, -0.15) is 5.10 Å². The standard InChI is InChI=1S/C15H21N5O/c1-11-5-13(16)6-14(18-11)15-10-20(3-4-21-15)9-12-7-17-19(2)8-12/h5-8,15H,3-4,9-10H2,1-2H3,(H2,16,18). The molecule has 1 aliphatic rings. The molecule has 1 atom stereocenters. The summed E-state index contributed by atoms with van der Waals surface area (Å²) < 4.78 is 7.70. The average molecular weight is 287 g/mol. The quantitative estimate of drug-likeness (QED) is 0.921. The molecule has 0 bridgehead atoms. The van der Waals surface area contributed by atoms with Gasteiger partial charge >= 0.3 is 0 Å². The minimum absolute atomic E-state index is 0.0161. The normalized spacial score (nSPS) is 19.8. The van der Waals surface area contributed by atoms with E-state index in [1.807, 2.05) is 43.2 Å². The molecule has 0 radical (unpaired) electrons. The maximum absolute atomic E-state index is 5.91. The molecule has 2 aromatic rings. The van der Waals surface area contributed by atoms with Gasteiger partial charge in [0, 0.05) is 49.8 Å². The number of pyridine rings is 1. The van der Waals surface area contributed by atoms with Crippen LogP contribution >= 0.6 is 0 Å². The van der Waals surface area contributed by atoms with Crippen LogP contribution in [0.4, 0.5) is 5.69 Å². The predicted octanol–water partition coefficient (Wildman–Crippen LogP) is 1.28.